The molecule has 0 aliphatic carbocycles. The molecule has 0 atom stereocenters. The van der Waals surface area contributed by atoms with Gasteiger partial charge in [-0.1, -0.05) is 47.6 Å². The van der Waals surface area contributed by atoms with Crippen LogP contribution in [-0.2, 0) is 6.54 Å². The molecular formula is C15H31NO. The molecule has 102 valence electrons. The number of furan rings is 1. The fourth-order valence-electron chi connectivity index (χ4n) is 0.981. The standard InChI is InChI=1S/C9H13NO.3C2H6/c1-3-4-9-7(2)5-8(6-10)11-9;3*1-2/h3-5H,6,10H2,1-2H3;3*1-2H3/b4-3-;;;. The SMILES string of the molecule is C/C=C\c1oc(CN)cc1C.CC.CC.CC. The lowest BCUT2D eigenvalue weighted by Crippen LogP contribution is -1.92. The van der Waals surface area contributed by atoms with Crippen LogP contribution in [0.2, 0.25) is 0 Å². The van der Waals surface area contributed by atoms with Gasteiger partial charge in [-0.05, 0) is 31.6 Å². The summed E-state index contributed by atoms with van der Waals surface area (Å²) in [5.41, 5.74) is 6.55. The molecule has 1 heterocycles. The van der Waals surface area contributed by atoms with Gasteiger partial charge in [-0.2, -0.15) is 0 Å². The van der Waals surface area contributed by atoms with E-state index in [1.807, 2.05) is 73.6 Å². The van der Waals surface area contributed by atoms with Crippen molar-refractivity contribution >= 4 is 6.08 Å². The molecule has 2 N–H and O–H groups in total. The summed E-state index contributed by atoms with van der Waals surface area (Å²) in [5, 5.41) is 0. The smallest absolute Gasteiger partial charge is 0.129 e. The largest absolute Gasteiger partial charge is 0.460 e. The zero-order valence-electron chi connectivity index (χ0n) is 12.9. The van der Waals surface area contributed by atoms with Gasteiger partial charge >= 0.3 is 0 Å². The number of nitrogens with two attached hydrogens (primary N) is 1. The van der Waals surface area contributed by atoms with Gasteiger partial charge in [-0.25, -0.2) is 0 Å². The molecule has 1 aromatic heterocycles. The lowest BCUT2D eigenvalue weighted by molar-refractivity contribution is 0.502. The fourth-order valence-corrected chi connectivity index (χ4v) is 0.981. The Bertz CT molecular complexity index is 262. The zero-order valence-corrected chi connectivity index (χ0v) is 12.9. The van der Waals surface area contributed by atoms with E-state index in [-0.39, 0.29) is 0 Å². The average molecular weight is 241 g/mol. The highest BCUT2D eigenvalue weighted by molar-refractivity contribution is 5.47. The van der Waals surface area contributed by atoms with Crippen LogP contribution in [0.15, 0.2) is 16.6 Å². The van der Waals surface area contributed by atoms with Crippen molar-refractivity contribution in [1.82, 2.24) is 0 Å². The van der Waals surface area contributed by atoms with Crippen molar-refractivity contribution in [3.05, 3.63) is 29.2 Å². The minimum absolute atomic E-state index is 0.471. The lowest BCUT2D eigenvalue weighted by atomic mass is 10.2. The van der Waals surface area contributed by atoms with Gasteiger partial charge in [0.1, 0.15) is 11.5 Å². The summed E-state index contributed by atoms with van der Waals surface area (Å²) in [7, 11) is 0. The molecule has 0 amide bonds. The van der Waals surface area contributed by atoms with Crippen molar-refractivity contribution in [1.29, 1.82) is 0 Å². The Labute approximate surface area is 108 Å². The Kier molecular flexibility index (Phi) is 21.8. The Morgan fingerprint density at radius 2 is 1.59 bits per heavy atom. The molecule has 2 heteroatoms. The summed E-state index contributed by atoms with van der Waals surface area (Å²) in [5.74, 6) is 1.75. The quantitative estimate of drug-likeness (QED) is 0.777. The number of hydrogen-bond donors (Lipinski definition) is 1. The summed E-state index contributed by atoms with van der Waals surface area (Å²) < 4.78 is 5.39. The van der Waals surface area contributed by atoms with Crippen molar-refractivity contribution in [3.8, 4) is 0 Å². The molecule has 2 nitrogen and oxygen atoms in total. The minimum atomic E-state index is 0.471. The van der Waals surface area contributed by atoms with Gasteiger partial charge in [0, 0.05) is 0 Å². The van der Waals surface area contributed by atoms with Gasteiger partial charge in [-0.3, -0.25) is 0 Å². The zero-order chi connectivity index (χ0) is 14.3. The lowest BCUT2D eigenvalue weighted by Gasteiger charge is -1.86. The predicted octanol–water partition coefficient (Wildman–Crippen LogP) is 5.16. The summed E-state index contributed by atoms with van der Waals surface area (Å²) in [6.45, 7) is 16.4. The molecule has 0 fully saturated rings. The van der Waals surface area contributed by atoms with Gasteiger partial charge in [0.15, 0.2) is 0 Å². The maximum atomic E-state index is 5.41. The summed E-state index contributed by atoms with van der Waals surface area (Å²) in [6.07, 6.45) is 3.89. The first kappa shape index (κ1) is 21.3. The first-order valence-electron chi connectivity index (χ1n) is 6.70. The van der Waals surface area contributed by atoms with E-state index in [0.717, 1.165) is 17.1 Å². The molecule has 0 radical (unpaired) electrons. The highest BCUT2D eigenvalue weighted by Crippen LogP contribution is 2.15. The van der Waals surface area contributed by atoms with Gasteiger partial charge in [0.2, 0.25) is 0 Å². The van der Waals surface area contributed by atoms with Crippen LogP contribution in [0.5, 0.6) is 0 Å². The van der Waals surface area contributed by atoms with Gasteiger partial charge in [0.05, 0.1) is 6.54 Å². The van der Waals surface area contributed by atoms with Crippen LogP contribution < -0.4 is 5.73 Å². The van der Waals surface area contributed by atoms with Crippen LogP contribution >= 0.6 is 0 Å². The van der Waals surface area contributed by atoms with Crippen molar-refractivity contribution in [2.24, 2.45) is 5.73 Å². The molecular weight excluding hydrogens is 210 g/mol. The van der Waals surface area contributed by atoms with Crippen LogP contribution in [0, 0.1) is 6.92 Å². The van der Waals surface area contributed by atoms with Gasteiger partial charge < -0.3 is 10.2 Å². The Morgan fingerprint density at radius 3 is 1.88 bits per heavy atom. The van der Waals surface area contributed by atoms with Crippen molar-refractivity contribution in [2.75, 3.05) is 0 Å². The van der Waals surface area contributed by atoms with Crippen LogP contribution in [0.3, 0.4) is 0 Å². The van der Waals surface area contributed by atoms with Gasteiger partial charge in [-0.15, -0.1) is 0 Å². The van der Waals surface area contributed by atoms with E-state index >= 15 is 0 Å². The van der Waals surface area contributed by atoms with Gasteiger partial charge in [0.25, 0.3) is 0 Å². The first-order chi connectivity index (χ1) is 8.27. The monoisotopic (exact) mass is 241 g/mol. The Balaban J connectivity index is -0.000000285. The molecule has 1 rings (SSSR count). The second-order valence-corrected chi connectivity index (χ2v) is 2.46. The molecule has 0 spiro atoms. The summed E-state index contributed by atoms with van der Waals surface area (Å²) >= 11 is 0. The van der Waals surface area contributed by atoms with E-state index in [9.17, 15) is 0 Å². The van der Waals surface area contributed by atoms with E-state index in [1.54, 1.807) is 0 Å². The van der Waals surface area contributed by atoms with Crippen molar-refractivity contribution in [3.63, 3.8) is 0 Å². The second-order valence-electron chi connectivity index (χ2n) is 2.46. The third-order valence-corrected chi connectivity index (χ3v) is 1.53. The molecule has 17 heavy (non-hydrogen) atoms. The van der Waals surface area contributed by atoms with Crippen molar-refractivity contribution in [2.45, 2.75) is 61.9 Å². The second kappa shape index (κ2) is 17.4. The molecule has 0 bridgehead atoms. The normalized spacial score (nSPS) is 8.29. The molecule has 0 saturated carbocycles. The predicted molar refractivity (Wildman–Crippen MR) is 80.1 cm³/mol. The third kappa shape index (κ3) is 9.88. The molecule has 1 aromatic rings. The first-order valence-corrected chi connectivity index (χ1v) is 6.70. The van der Waals surface area contributed by atoms with E-state index in [4.69, 9.17) is 10.2 Å². The van der Waals surface area contributed by atoms with Crippen LogP contribution in [-0.4, -0.2) is 0 Å². The topological polar surface area (TPSA) is 39.2 Å². The Morgan fingerprint density at radius 1 is 1.12 bits per heavy atom. The molecule has 0 aliphatic rings. The fraction of sp³-hybridized carbons (Fsp3) is 0.600. The van der Waals surface area contributed by atoms with E-state index < -0.39 is 0 Å². The van der Waals surface area contributed by atoms with Crippen LogP contribution in [0.25, 0.3) is 6.08 Å². The van der Waals surface area contributed by atoms with Crippen molar-refractivity contribution < 1.29 is 4.42 Å². The van der Waals surface area contributed by atoms with E-state index in [0.29, 0.717) is 6.54 Å². The number of aryl methyl sites for hydroxylation is 1. The highest BCUT2D eigenvalue weighted by atomic mass is 16.3. The van der Waals surface area contributed by atoms with E-state index in [1.165, 1.54) is 0 Å². The number of allylic oxidation sites excluding steroid dienone is 1. The number of rotatable bonds is 2. The average Bonchev–Trinajstić information content (AvgIpc) is 2.78. The Hall–Kier alpha value is -1.02. The molecule has 0 aromatic carbocycles. The van der Waals surface area contributed by atoms with Crippen LogP contribution in [0.4, 0.5) is 0 Å². The maximum Gasteiger partial charge on any atom is 0.129 e. The van der Waals surface area contributed by atoms with Crippen LogP contribution in [0.1, 0.15) is 65.6 Å². The highest BCUT2D eigenvalue weighted by Gasteiger charge is 2.01. The maximum absolute atomic E-state index is 5.41. The summed E-state index contributed by atoms with van der Waals surface area (Å²) in [6, 6.07) is 1.97. The molecule has 0 unspecified atom stereocenters. The number of hydrogen-bond acceptors (Lipinski definition) is 2. The third-order valence-electron chi connectivity index (χ3n) is 1.53. The minimum Gasteiger partial charge on any atom is -0.460 e. The molecule has 0 saturated heterocycles. The summed E-state index contributed by atoms with van der Waals surface area (Å²) in [4.78, 5) is 0. The molecule has 0 aliphatic heterocycles. The van der Waals surface area contributed by atoms with E-state index in [2.05, 4.69) is 0 Å².